The average molecular weight is 473 g/mol. The largest absolute Gasteiger partial charge is 0.416 e. The van der Waals surface area contributed by atoms with Gasteiger partial charge in [-0.15, -0.1) is 0 Å². The van der Waals surface area contributed by atoms with E-state index in [4.69, 9.17) is 0 Å². The van der Waals surface area contributed by atoms with E-state index in [0.717, 1.165) is 42.0 Å². The van der Waals surface area contributed by atoms with Gasteiger partial charge in [-0.1, -0.05) is 42.5 Å². The number of carbonyl (C=O) groups excluding carboxylic acids is 1. The predicted octanol–water partition coefficient (Wildman–Crippen LogP) is 6.58. The van der Waals surface area contributed by atoms with Crippen LogP contribution in [0.3, 0.4) is 0 Å². The number of pyridine rings is 1. The fraction of sp³-hybridized carbons (Fsp3) is 0.143. The van der Waals surface area contributed by atoms with Gasteiger partial charge in [-0.25, -0.2) is 0 Å². The Morgan fingerprint density at radius 2 is 1.74 bits per heavy atom. The normalized spacial score (nSPS) is 12.9. The van der Waals surface area contributed by atoms with E-state index >= 15 is 0 Å². The Morgan fingerprint density at radius 1 is 0.943 bits per heavy atom. The summed E-state index contributed by atoms with van der Waals surface area (Å²) < 4.78 is 40.2. The van der Waals surface area contributed by atoms with E-state index in [1.807, 2.05) is 36.4 Å². The van der Waals surface area contributed by atoms with Gasteiger partial charge in [0.2, 0.25) is 0 Å². The first kappa shape index (κ1) is 22.7. The molecule has 0 unspecified atom stereocenters. The summed E-state index contributed by atoms with van der Waals surface area (Å²) in [6.07, 6.45) is -1.97. The number of nitrogens with zero attached hydrogens (tertiary/aromatic N) is 2. The van der Waals surface area contributed by atoms with E-state index in [9.17, 15) is 18.0 Å². The lowest BCUT2D eigenvalue weighted by molar-refractivity contribution is -0.137. The number of rotatable bonds is 5. The first-order valence-electron chi connectivity index (χ1n) is 11.2. The highest BCUT2D eigenvalue weighted by molar-refractivity contribution is 6.09. The molecule has 0 bridgehead atoms. The number of benzene rings is 3. The molecule has 4 aromatic rings. The van der Waals surface area contributed by atoms with Crippen molar-refractivity contribution >= 4 is 17.3 Å². The maximum atomic E-state index is 13.4. The molecule has 176 valence electrons. The first-order chi connectivity index (χ1) is 16.9. The minimum absolute atomic E-state index is 0.0247. The third-order valence-electron chi connectivity index (χ3n) is 6.08. The second-order valence-corrected chi connectivity index (χ2v) is 8.41. The number of halogens is 3. The molecule has 35 heavy (non-hydrogen) atoms. The smallest absolute Gasteiger partial charge is 0.365 e. The van der Waals surface area contributed by atoms with Crippen LogP contribution in [0.15, 0.2) is 91.1 Å². The third kappa shape index (κ3) is 4.89. The molecule has 1 amide bonds. The van der Waals surface area contributed by atoms with Crippen molar-refractivity contribution in [3.8, 4) is 11.1 Å². The summed E-state index contributed by atoms with van der Waals surface area (Å²) in [6, 6.07) is 23.6. The van der Waals surface area contributed by atoms with Crippen LogP contribution < -0.4 is 10.2 Å². The molecule has 7 heteroatoms. The second kappa shape index (κ2) is 9.25. The molecular formula is C28H22F3N3O. The van der Waals surface area contributed by atoms with Gasteiger partial charge < -0.3 is 10.2 Å². The topological polar surface area (TPSA) is 45.2 Å². The van der Waals surface area contributed by atoms with Gasteiger partial charge in [-0.2, -0.15) is 13.2 Å². The molecule has 0 spiro atoms. The molecule has 0 fully saturated rings. The van der Waals surface area contributed by atoms with Crippen LogP contribution in [0.2, 0.25) is 0 Å². The molecule has 1 aliphatic heterocycles. The molecule has 0 radical (unpaired) electrons. The van der Waals surface area contributed by atoms with Gasteiger partial charge in [-0.3, -0.25) is 9.78 Å². The molecule has 1 aliphatic rings. The Balaban J connectivity index is 1.41. The molecule has 0 atom stereocenters. The fourth-order valence-corrected chi connectivity index (χ4v) is 4.38. The average Bonchev–Trinajstić information content (AvgIpc) is 3.26. The monoisotopic (exact) mass is 473 g/mol. The number of alkyl halides is 3. The number of nitrogens with one attached hydrogen (secondary N) is 1. The van der Waals surface area contributed by atoms with Crippen molar-refractivity contribution < 1.29 is 18.0 Å². The van der Waals surface area contributed by atoms with Gasteiger partial charge in [0, 0.05) is 29.7 Å². The summed E-state index contributed by atoms with van der Waals surface area (Å²) >= 11 is 0. The van der Waals surface area contributed by atoms with Crippen molar-refractivity contribution in [1.82, 2.24) is 4.98 Å². The SMILES string of the molecule is O=C(Nc1ccc2c(c1)CCN2Cc1ccccn1)c1cc(C(F)(F)F)ccc1-c1ccccc1. The summed E-state index contributed by atoms with van der Waals surface area (Å²) in [6.45, 7) is 1.51. The molecule has 4 nitrogen and oxygen atoms in total. The van der Waals surface area contributed by atoms with Crippen LogP contribution in [0.25, 0.3) is 11.1 Å². The quantitative estimate of drug-likeness (QED) is 0.356. The van der Waals surface area contributed by atoms with E-state index in [0.29, 0.717) is 23.4 Å². The van der Waals surface area contributed by atoms with Gasteiger partial charge in [0.15, 0.2) is 0 Å². The summed E-state index contributed by atoms with van der Waals surface area (Å²) in [7, 11) is 0. The van der Waals surface area contributed by atoms with E-state index in [1.165, 1.54) is 6.07 Å². The predicted molar refractivity (Wildman–Crippen MR) is 130 cm³/mol. The summed E-state index contributed by atoms with van der Waals surface area (Å²) in [5.41, 5.74) is 3.89. The highest BCUT2D eigenvalue weighted by atomic mass is 19.4. The van der Waals surface area contributed by atoms with Crippen LogP contribution in [-0.2, 0) is 19.1 Å². The molecule has 5 rings (SSSR count). The third-order valence-corrected chi connectivity index (χ3v) is 6.08. The molecule has 2 heterocycles. The summed E-state index contributed by atoms with van der Waals surface area (Å²) in [4.78, 5) is 19.8. The van der Waals surface area contributed by atoms with Crippen LogP contribution in [0, 0.1) is 0 Å². The highest BCUT2D eigenvalue weighted by Crippen LogP contribution is 2.35. The van der Waals surface area contributed by atoms with Crippen LogP contribution in [0.1, 0.15) is 27.2 Å². The molecule has 1 aromatic heterocycles. The lowest BCUT2D eigenvalue weighted by Gasteiger charge is -2.19. The van der Waals surface area contributed by atoms with Crippen molar-refractivity contribution in [2.45, 2.75) is 19.1 Å². The first-order valence-corrected chi connectivity index (χ1v) is 11.2. The second-order valence-electron chi connectivity index (χ2n) is 8.41. The number of fused-ring (bicyclic) bond motifs is 1. The van der Waals surface area contributed by atoms with Gasteiger partial charge in [0.1, 0.15) is 0 Å². The van der Waals surface area contributed by atoms with Crippen LogP contribution in [0.5, 0.6) is 0 Å². The maximum absolute atomic E-state index is 13.4. The van der Waals surface area contributed by atoms with Crippen molar-refractivity contribution in [3.63, 3.8) is 0 Å². The van der Waals surface area contributed by atoms with Crippen LogP contribution in [0.4, 0.5) is 24.5 Å². The zero-order valence-electron chi connectivity index (χ0n) is 18.7. The number of anilines is 2. The summed E-state index contributed by atoms with van der Waals surface area (Å²) in [5, 5.41) is 2.80. The number of hydrogen-bond donors (Lipinski definition) is 1. The number of carbonyl (C=O) groups is 1. The number of hydrogen-bond acceptors (Lipinski definition) is 3. The lowest BCUT2D eigenvalue weighted by atomic mass is 9.96. The Kier molecular flexibility index (Phi) is 5.99. The summed E-state index contributed by atoms with van der Waals surface area (Å²) in [5.74, 6) is -0.585. The molecule has 0 saturated carbocycles. The van der Waals surface area contributed by atoms with Gasteiger partial charge in [-0.05, 0) is 65.6 Å². The van der Waals surface area contributed by atoms with Crippen molar-refractivity contribution in [2.75, 3.05) is 16.8 Å². The zero-order valence-corrected chi connectivity index (χ0v) is 18.7. The highest BCUT2D eigenvalue weighted by Gasteiger charge is 2.32. The van der Waals surface area contributed by atoms with Gasteiger partial charge >= 0.3 is 6.18 Å². The van der Waals surface area contributed by atoms with Crippen LogP contribution >= 0.6 is 0 Å². The fourth-order valence-electron chi connectivity index (χ4n) is 4.38. The molecule has 1 N–H and O–H groups in total. The number of aromatic nitrogens is 1. The lowest BCUT2D eigenvalue weighted by Crippen LogP contribution is -2.20. The number of amides is 1. The molecule has 0 saturated heterocycles. The zero-order chi connectivity index (χ0) is 24.4. The van der Waals surface area contributed by atoms with Gasteiger partial charge in [0.25, 0.3) is 5.91 Å². The Morgan fingerprint density at radius 3 is 2.49 bits per heavy atom. The van der Waals surface area contributed by atoms with Crippen LogP contribution in [-0.4, -0.2) is 17.4 Å². The van der Waals surface area contributed by atoms with Crippen molar-refractivity contribution in [3.05, 3.63) is 114 Å². The Labute approximate surface area is 201 Å². The standard InChI is InChI=1S/C28H22F3N3O/c29-28(30,31)21-9-11-24(19-6-2-1-3-7-19)25(17-21)27(35)33-22-10-12-26-20(16-22)13-15-34(26)18-23-8-4-5-14-32-23/h1-12,14,16-17H,13,15,18H2,(H,33,35). The maximum Gasteiger partial charge on any atom is 0.416 e. The molecule has 3 aromatic carbocycles. The molecular weight excluding hydrogens is 451 g/mol. The Hall–Kier alpha value is -4.13. The van der Waals surface area contributed by atoms with E-state index < -0.39 is 17.6 Å². The van der Waals surface area contributed by atoms with Crippen molar-refractivity contribution in [1.29, 1.82) is 0 Å². The minimum atomic E-state index is -4.55. The van der Waals surface area contributed by atoms with Gasteiger partial charge in [0.05, 0.1) is 17.8 Å². The van der Waals surface area contributed by atoms with E-state index in [2.05, 4.69) is 15.2 Å². The van der Waals surface area contributed by atoms with Crippen molar-refractivity contribution in [2.24, 2.45) is 0 Å². The molecule has 0 aliphatic carbocycles. The van der Waals surface area contributed by atoms with E-state index in [1.54, 1.807) is 36.5 Å². The Bertz CT molecular complexity index is 1360. The van der Waals surface area contributed by atoms with E-state index in [-0.39, 0.29) is 5.56 Å². The minimum Gasteiger partial charge on any atom is -0.365 e.